The molecule has 0 aliphatic carbocycles. The summed E-state index contributed by atoms with van der Waals surface area (Å²) in [7, 11) is 0. The van der Waals surface area contributed by atoms with Gasteiger partial charge >= 0.3 is 12.2 Å². The number of amides is 14. The maximum absolute atomic E-state index is 13.2. The first-order valence-electron chi connectivity index (χ1n) is 32.6. The Balaban J connectivity index is 0.000000136. The third-order valence-corrected chi connectivity index (χ3v) is 19.5. The van der Waals surface area contributed by atoms with E-state index in [4.69, 9.17) is 9.47 Å². The van der Waals surface area contributed by atoms with E-state index >= 15 is 0 Å². The Bertz CT molecular complexity index is 3820. The number of carbonyl (C=O) groups excluding carboxylic acids is 14. The molecule has 3 aromatic rings. The fourth-order valence-electron chi connectivity index (χ4n) is 14.8. The highest BCUT2D eigenvalue weighted by molar-refractivity contribution is 6.25. The molecule has 0 bridgehead atoms. The summed E-state index contributed by atoms with van der Waals surface area (Å²) in [5.41, 5.74) is 2.10. The average molecular weight is 1360 g/mol. The van der Waals surface area contributed by atoms with Crippen molar-refractivity contribution in [1.82, 2.24) is 51.1 Å². The average Bonchev–Trinajstić information content (AvgIpc) is 1.62. The van der Waals surface area contributed by atoms with Crippen LogP contribution in [0.1, 0.15) is 142 Å². The molecule has 9 saturated heterocycles. The molecule has 9 fully saturated rings. The van der Waals surface area contributed by atoms with Crippen LogP contribution in [0.4, 0.5) is 25.4 Å². The van der Waals surface area contributed by atoms with E-state index in [0.717, 1.165) is 104 Å². The van der Waals surface area contributed by atoms with Crippen LogP contribution in [0.2, 0.25) is 0 Å². The van der Waals surface area contributed by atoms with E-state index in [1.807, 2.05) is 58.6 Å². The van der Waals surface area contributed by atoms with E-state index in [9.17, 15) is 71.5 Å². The Morgan fingerprint density at radius 3 is 1.02 bits per heavy atom. The van der Waals surface area contributed by atoms with E-state index in [2.05, 4.69) is 36.4 Å². The normalized spacial score (nSPS) is 27.0. The van der Waals surface area contributed by atoms with Crippen LogP contribution in [0.5, 0.6) is 0 Å². The fraction of sp³-hybridized carbons (Fsp3) is 0.522. The van der Waals surface area contributed by atoms with Gasteiger partial charge in [-0.1, -0.05) is 0 Å². The highest BCUT2D eigenvalue weighted by Gasteiger charge is 2.50. The quantitative estimate of drug-likeness (QED) is 0.229. The maximum Gasteiger partial charge on any atom is 0.410 e. The highest BCUT2D eigenvalue weighted by Crippen LogP contribution is 2.39. The molecule has 0 aromatic heterocycles. The predicted molar refractivity (Wildman–Crippen MR) is 343 cm³/mol. The van der Waals surface area contributed by atoms with Crippen LogP contribution in [-0.2, 0) is 38.2 Å². The number of hydrogen-bond donors (Lipinski definition) is 5. The zero-order chi connectivity index (χ0) is 68.6. The molecule has 15 rings (SSSR count). The van der Waals surface area contributed by atoms with Gasteiger partial charge in [0, 0.05) is 121 Å². The molecule has 5 N–H and O–H groups in total. The number of nitrogens with zero attached hydrogens (tertiary/aromatic N) is 7. The summed E-state index contributed by atoms with van der Waals surface area (Å²) in [5, 5.41) is 13.3. The first-order chi connectivity index (χ1) is 45.5. The molecule has 97 heavy (non-hydrogen) atoms. The minimum absolute atomic E-state index is 0. The van der Waals surface area contributed by atoms with Crippen molar-refractivity contribution in [3.8, 4) is 0 Å². The largest absolute Gasteiger partial charge is 0.444 e. The number of carbonyl (C=O) groups is 14. The van der Waals surface area contributed by atoms with E-state index in [-0.39, 0.29) is 96.9 Å². The SMILES string of the molecule is CC(C)(C)OC(=O)N1C[C@@H]2CN(c3ccc4c(c3)C(=O)N(C3CCC(=O)NC3=O)C4=O)C[C@@H]2C1.CC(C)(C)OC(=O)N1C[C@H]2CNC[C@H]2C1.Cl.O=C1CCC(N2C(=O)c3ccc(F)cc3C2=O)C(=O)N1.O=C1CCC(N2C(=O)c3ccc(N4C[C@H]5CNC[C@H]5C4)cc3C2=O)C(=O)N1. The fourth-order valence-corrected chi connectivity index (χ4v) is 14.8. The number of rotatable bonds is 5. The van der Waals surface area contributed by atoms with Crippen molar-refractivity contribution in [3.63, 3.8) is 0 Å². The molecule has 516 valence electrons. The number of ether oxygens (including phenoxy) is 2. The molecule has 30 heteroatoms. The molecule has 0 spiro atoms. The number of imide groups is 6. The Labute approximate surface area is 563 Å². The molecule has 3 aromatic carbocycles. The van der Waals surface area contributed by atoms with E-state index in [1.165, 1.54) is 6.07 Å². The molecule has 0 saturated carbocycles. The second-order valence-corrected chi connectivity index (χ2v) is 28.4. The Morgan fingerprint density at radius 2 is 0.691 bits per heavy atom. The highest BCUT2D eigenvalue weighted by atomic mass is 35.5. The van der Waals surface area contributed by atoms with E-state index < -0.39 is 94.5 Å². The number of nitrogens with one attached hydrogen (secondary N) is 5. The maximum atomic E-state index is 13.2. The van der Waals surface area contributed by atoms with Crippen LogP contribution in [-0.4, -0.2) is 215 Å². The molecule has 0 radical (unpaired) electrons. The first kappa shape index (κ1) is 69.1. The second kappa shape index (κ2) is 27.0. The van der Waals surface area contributed by atoms with E-state index in [1.54, 1.807) is 29.2 Å². The lowest BCUT2D eigenvalue weighted by Crippen LogP contribution is -2.54. The molecule has 9 atom stereocenters. The Kier molecular flexibility index (Phi) is 19.2. The van der Waals surface area contributed by atoms with Gasteiger partial charge in [-0.2, -0.15) is 0 Å². The molecule has 3 unspecified atom stereocenters. The van der Waals surface area contributed by atoms with Gasteiger partial charge in [-0.3, -0.25) is 88.2 Å². The summed E-state index contributed by atoms with van der Waals surface area (Å²) in [5.74, 6) is -3.87. The van der Waals surface area contributed by atoms with Gasteiger partial charge in [-0.25, -0.2) is 14.0 Å². The van der Waals surface area contributed by atoms with Gasteiger partial charge in [0.05, 0.1) is 33.4 Å². The van der Waals surface area contributed by atoms with Crippen molar-refractivity contribution in [2.75, 3.05) is 88.3 Å². The third kappa shape index (κ3) is 14.0. The molecule has 28 nitrogen and oxygen atoms in total. The van der Waals surface area contributed by atoms with Gasteiger partial charge in [0.15, 0.2) is 0 Å². The third-order valence-electron chi connectivity index (χ3n) is 19.5. The van der Waals surface area contributed by atoms with Crippen molar-refractivity contribution in [3.05, 3.63) is 93.8 Å². The molecular formula is C67H78ClFN12O16. The molecule has 14 amide bonds. The summed E-state index contributed by atoms with van der Waals surface area (Å²) in [6, 6.07) is 10.9. The molecule has 12 heterocycles. The van der Waals surface area contributed by atoms with Crippen LogP contribution in [0.25, 0.3) is 0 Å². The van der Waals surface area contributed by atoms with Gasteiger partial charge in [0.2, 0.25) is 35.4 Å². The van der Waals surface area contributed by atoms with Crippen molar-refractivity contribution >= 4 is 107 Å². The number of piperidine rings is 3. The lowest BCUT2D eigenvalue weighted by atomic mass is 10.0. The van der Waals surface area contributed by atoms with Gasteiger partial charge in [0.1, 0.15) is 35.1 Å². The molecular weight excluding hydrogens is 1280 g/mol. The van der Waals surface area contributed by atoms with Gasteiger partial charge in [0.25, 0.3) is 35.4 Å². The summed E-state index contributed by atoms with van der Waals surface area (Å²) in [6.45, 7) is 21.7. The second-order valence-electron chi connectivity index (χ2n) is 28.4. The molecule has 12 aliphatic rings. The Hall–Kier alpha value is -9.22. The smallest absolute Gasteiger partial charge is 0.410 e. The van der Waals surface area contributed by atoms with Crippen molar-refractivity contribution in [2.24, 2.45) is 35.5 Å². The lowest BCUT2D eigenvalue weighted by molar-refractivity contribution is -0.137. The lowest BCUT2D eigenvalue weighted by Gasteiger charge is -2.27. The number of benzene rings is 3. The number of anilines is 2. The summed E-state index contributed by atoms with van der Waals surface area (Å²) < 4.78 is 24.0. The van der Waals surface area contributed by atoms with Crippen LogP contribution in [0.3, 0.4) is 0 Å². The van der Waals surface area contributed by atoms with Crippen molar-refractivity contribution in [2.45, 2.75) is 109 Å². The van der Waals surface area contributed by atoms with Gasteiger partial charge in [-0.15, -0.1) is 12.4 Å². The Morgan fingerprint density at radius 1 is 0.402 bits per heavy atom. The van der Waals surface area contributed by atoms with Gasteiger partial charge < -0.3 is 39.7 Å². The standard InChI is InChI=1S/C24H28N4O6.C19H20N4O4.C13H9FN2O4.C11H20N2O2.ClH/c1-24(2,3)34-23(33)27-11-13-9-26(10-14(13)12-27)15-4-5-16-17(8-15)22(32)28(21(16)31)18-6-7-19(29)25-20(18)30;24-16-4-3-15(17(25)21-16)23-18(26)13-2-1-12(5-14(13)19(23)27)22-8-10-6-20-7-11(10)9-22;14-6-1-2-7-8(5-6)13(20)16(12(7)19)9-3-4-10(17)15-11(9)18;1-11(2,3)15-10(14)13-6-8-4-12-5-9(8)7-13;/h4-5,8,13-14,18H,6-7,9-12H2,1-3H3,(H,25,29,30);1-2,5,10-11,15,20H,3-4,6-9H2,(H,21,24,25);1-2,5,9H,3-4H2,(H,15,17,18);8-9,12H,4-7H2,1-3H3;1H/t13-,14+,18?;10-,11+,15?;;8-,9+;. The summed E-state index contributed by atoms with van der Waals surface area (Å²) >= 11 is 0. The number of fused-ring (bicyclic) bond motifs is 6. The zero-order valence-corrected chi connectivity index (χ0v) is 55.4. The number of halogens is 2. The first-order valence-corrected chi connectivity index (χ1v) is 32.6. The monoisotopic (exact) mass is 1360 g/mol. The molecule has 12 aliphatic heterocycles. The number of hydrogen-bond acceptors (Lipinski definition) is 20. The topological polar surface area (TPSA) is 340 Å². The summed E-state index contributed by atoms with van der Waals surface area (Å²) in [4.78, 5) is 181. The minimum atomic E-state index is -1.02. The van der Waals surface area contributed by atoms with Crippen molar-refractivity contribution < 1.29 is 81.0 Å². The summed E-state index contributed by atoms with van der Waals surface area (Å²) in [6.07, 6.45) is 0.209. The number of likely N-dealkylation sites (tertiary alicyclic amines) is 2. The van der Waals surface area contributed by atoms with Crippen molar-refractivity contribution in [1.29, 1.82) is 0 Å². The van der Waals surface area contributed by atoms with Crippen LogP contribution in [0, 0.1) is 41.3 Å². The minimum Gasteiger partial charge on any atom is -0.444 e. The van der Waals surface area contributed by atoms with Crippen LogP contribution in [0.15, 0.2) is 54.6 Å². The predicted octanol–water partition coefficient (Wildman–Crippen LogP) is 2.86. The van der Waals surface area contributed by atoms with Crippen LogP contribution >= 0.6 is 12.4 Å². The van der Waals surface area contributed by atoms with Crippen LogP contribution < -0.4 is 36.4 Å². The van der Waals surface area contributed by atoms with Gasteiger partial charge in [-0.05, 0) is 139 Å². The zero-order valence-electron chi connectivity index (χ0n) is 54.6. The van der Waals surface area contributed by atoms with E-state index in [0.29, 0.717) is 59.7 Å².